The van der Waals surface area contributed by atoms with Crippen LogP contribution in [0.4, 0.5) is 0 Å². The Hall–Kier alpha value is -1.87. The molecule has 2 fully saturated rings. The molecule has 1 saturated heterocycles. The number of rotatable bonds is 9. The van der Waals surface area contributed by atoms with Crippen LogP contribution in [0.25, 0.3) is 0 Å². The molecule has 2 amide bonds. The number of carbonyl (C=O) groups is 2. The van der Waals surface area contributed by atoms with Gasteiger partial charge in [-0.1, -0.05) is 26.2 Å². The highest BCUT2D eigenvalue weighted by Crippen LogP contribution is 2.31. The highest BCUT2D eigenvalue weighted by atomic mass is 32.2. The van der Waals surface area contributed by atoms with Gasteiger partial charge in [0.25, 0.3) is 5.91 Å². The van der Waals surface area contributed by atoms with E-state index in [4.69, 9.17) is 4.42 Å². The van der Waals surface area contributed by atoms with Gasteiger partial charge in [-0.3, -0.25) is 9.59 Å². The molecular formula is C22H35N3O5S. The molecule has 9 heteroatoms. The van der Waals surface area contributed by atoms with Crippen molar-refractivity contribution in [3.8, 4) is 0 Å². The Morgan fingerprint density at radius 1 is 1.13 bits per heavy atom. The fourth-order valence-corrected chi connectivity index (χ4v) is 5.85. The van der Waals surface area contributed by atoms with E-state index in [1.807, 2.05) is 0 Å². The third-order valence-electron chi connectivity index (χ3n) is 6.49. The van der Waals surface area contributed by atoms with Crippen LogP contribution in [0.1, 0.15) is 62.4 Å². The number of nitrogens with zero attached hydrogens (tertiary/aromatic N) is 2. The zero-order chi connectivity index (χ0) is 22.3. The lowest BCUT2D eigenvalue weighted by Crippen LogP contribution is -2.51. The van der Waals surface area contributed by atoms with Crippen molar-refractivity contribution in [3.05, 3.63) is 24.2 Å². The van der Waals surface area contributed by atoms with Crippen molar-refractivity contribution in [1.82, 2.24) is 14.5 Å². The number of hydrogen-bond acceptors (Lipinski definition) is 5. The molecule has 0 bridgehead atoms. The molecule has 174 valence electrons. The quantitative estimate of drug-likeness (QED) is 0.619. The Morgan fingerprint density at radius 2 is 1.84 bits per heavy atom. The average Bonchev–Trinajstić information content (AvgIpc) is 3.32. The lowest BCUT2D eigenvalue weighted by Gasteiger charge is -2.33. The SMILES string of the molecule is CCCCC1CCC(C(=O)NCCS(=O)(=O)N2CCN(C(=O)c3ccco3)CC2)CC1. The minimum atomic E-state index is -3.47. The van der Waals surface area contributed by atoms with Crippen LogP contribution in [0, 0.1) is 11.8 Å². The number of piperazine rings is 1. The van der Waals surface area contributed by atoms with Crippen LogP contribution in [0.5, 0.6) is 0 Å². The normalized spacial score (nSPS) is 22.9. The number of nitrogens with one attached hydrogen (secondary N) is 1. The zero-order valence-corrected chi connectivity index (χ0v) is 19.2. The van der Waals surface area contributed by atoms with Gasteiger partial charge in [-0.2, -0.15) is 4.31 Å². The Bertz CT molecular complexity index is 808. The number of carbonyl (C=O) groups excluding carboxylic acids is 2. The molecule has 1 aromatic heterocycles. The highest BCUT2D eigenvalue weighted by Gasteiger charge is 2.30. The van der Waals surface area contributed by atoms with Crippen LogP contribution >= 0.6 is 0 Å². The third-order valence-corrected chi connectivity index (χ3v) is 8.37. The lowest BCUT2D eigenvalue weighted by molar-refractivity contribution is -0.126. The minimum Gasteiger partial charge on any atom is -0.459 e. The molecule has 1 aliphatic carbocycles. The number of sulfonamides is 1. The summed E-state index contributed by atoms with van der Waals surface area (Å²) in [7, 11) is -3.47. The van der Waals surface area contributed by atoms with Gasteiger partial charge in [0.05, 0.1) is 12.0 Å². The third kappa shape index (κ3) is 6.55. The van der Waals surface area contributed by atoms with Gasteiger partial charge in [0, 0.05) is 38.6 Å². The standard InChI is InChI=1S/C22H35N3O5S/c1-2-3-5-18-7-9-19(10-8-18)21(26)23-11-17-31(28,29)25-14-12-24(13-15-25)22(27)20-6-4-16-30-20/h4,6,16,18-19H,2-3,5,7-15,17H2,1H3,(H,23,26). The highest BCUT2D eigenvalue weighted by molar-refractivity contribution is 7.89. The largest absolute Gasteiger partial charge is 0.459 e. The summed E-state index contributed by atoms with van der Waals surface area (Å²) in [6, 6.07) is 3.26. The smallest absolute Gasteiger partial charge is 0.289 e. The van der Waals surface area contributed by atoms with Gasteiger partial charge >= 0.3 is 0 Å². The molecule has 0 unspecified atom stereocenters. The Morgan fingerprint density at radius 3 is 2.45 bits per heavy atom. The van der Waals surface area contributed by atoms with E-state index < -0.39 is 10.0 Å². The summed E-state index contributed by atoms with van der Waals surface area (Å²) >= 11 is 0. The van der Waals surface area contributed by atoms with Crippen molar-refractivity contribution in [2.45, 2.75) is 51.9 Å². The maximum Gasteiger partial charge on any atom is 0.289 e. The van der Waals surface area contributed by atoms with Gasteiger partial charge in [-0.15, -0.1) is 0 Å². The van der Waals surface area contributed by atoms with Gasteiger partial charge in [0.1, 0.15) is 0 Å². The zero-order valence-electron chi connectivity index (χ0n) is 18.4. The van der Waals surface area contributed by atoms with Crippen LogP contribution in [-0.2, 0) is 14.8 Å². The van der Waals surface area contributed by atoms with Crippen molar-refractivity contribution in [3.63, 3.8) is 0 Å². The molecule has 1 aliphatic heterocycles. The molecule has 1 saturated carbocycles. The summed E-state index contributed by atoms with van der Waals surface area (Å²) in [5.41, 5.74) is 0. The van der Waals surface area contributed by atoms with Gasteiger partial charge in [0.2, 0.25) is 15.9 Å². The number of hydrogen-bond donors (Lipinski definition) is 1. The second-order valence-corrected chi connectivity index (χ2v) is 10.7. The van der Waals surface area contributed by atoms with Gasteiger partial charge < -0.3 is 14.6 Å². The van der Waals surface area contributed by atoms with E-state index >= 15 is 0 Å². The summed E-state index contributed by atoms with van der Waals surface area (Å²) in [4.78, 5) is 26.3. The molecule has 1 N–H and O–H groups in total. The monoisotopic (exact) mass is 453 g/mol. The van der Waals surface area contributed by atoms with E-state index in [0.717, 1.165) is 31.6 Å². The van der Waals surface area contributed by atoms with E-state index in [0.29, 0.717) is 13.1 Å². The first-order chi connectivity index (χ1) is 14.9. The summed E-state index contributed by atoms with van der Waals surface area (Å²) < 4.78 is 31.8. The van der Waals surface area contributed by atoms with Gasteiger partial charge in [0.15, 0.2) is 5.76 Å². The summed E-state index contributed by atoms with van der Waals surface area (Å²) in [6.07, 6.45) is 9.16. The molecule has 31 heavy (non-hydrogen) atoms. The van der Waals surface area contributed by atoms with Crippen molar-refractivity contribution in [2.75, 3.05) is 38.5 Å². The van der Waals surface area contributed by atoms with Crippen molar-refractivity contribution < 1.29 is 22.4 Å². The molecule has 2 aliphatic rings. The fraction of sp³-hybridized carbons (Fsp3) is 0.727. The van der Waals surface area contributed by atoms with Gasteiger partial charge in [-0.05, 0) is 43.7 Å². The first-order valence-corrected chi connectivity index (χ1v) is 13.1. The summed E-state index contributed by atoms with van der Waals surface area (Å²) in [6.45, 7) is 3.49. The van der Waals surface area contributed by atoms with Crippen molar-refractivity contribution in [2.24, 2.45) is 11.8 Å². The summed E-state index contributed by atoms with van der Waals surface area (Å²) in [5.74, 6) is 0.658. The lowest BCUT2D eigenvalue weighted by atomic mass is 9.79. The van der Waals surface area contributed by atoms with E-state index in [1.54, 1.807) is 17.0 Å². The molecule has 3 rings (SSSR count). The molecule has 0 aromatic carbocycles. The molecule has 0 atom stereocenters. The maximum absolute atomic E-state index is 12.6. The molecule has 8 nitrogen and oxygen atoms in total. The van der Waals surface area contributed by atoms with Crippen LogP contribution in [0.3, 0.4) is 0 Å². The first-order valence-electron chi connectivity index (χ1n) is 11.5. The maximum atomic E-state index is 12.6. The second-order valence-electron chi connectivity index (χ2n) is 8.64. The predicted molar refractivity (Wildman–Crippen MR) is 118 cm³/mol. The van der Waals surface area contributed by atoms with Crippen LogP contribution < -0.4 is 5.32 Å². The van der Waals surface area contributed by atoms with Crippen LogP contribution in [-0.4, -0.2) is 67.9 Å². The summed E-state index contributed by atoms with van der Waals surface area (Å²) in [5, 5.41) is 2.83. The Kier molecular flexibility index (Phi) is 8.54. The Balaban J connectivity index is 1.37. The topological polar surface area (TPSA) is 99.9 Å². The molecule has 2 heterocycles. The Labute approximate surface area is 185 Å². The van der Waals surface area contributed by atoms with Crippen LogP contribution in [0.15, 0.2) is 22.8 Å². The second kappa shape index (κ2) is 11.1. The van der Waals surface area contributed by atoms with Crippen molar-refractivity contribution >= 4 is 21.8 Å². The fourth-order valence-electron chi connectivity index (χ4n) is 4.51. The number of unbranched alkanes of at least 4 members (excludes halogenated alkanes) is 1. The molecular weight excluding hydrogens is 418 g/mol. The molecule has 0 spiro atoms. The average molecular weight is 454 g/mol. The van der Waals surface area contributed by atoms with Gasteiger partial charge in [-0.25, -0.2) is 8.42 Å². The number of furan rings is 1. The number of amides is 2. The molecule has 1 aromatic rings. The van der Waals surface area contributed by atoms with E-state index in [9.17, 15) is 18.0 Å². The van der Waals surface area contributed by atoms with E-state index in [1.165, 1.54) is 29.8 Å². The predicted octanol–water partition coefficient (Wildman–Crippen LogP) is 2.48. The van der Waals surface area contributed by atoms with Crippen molar-refractivity contribution in [1.29, 1.82) is 0 Å². The first kappa shape index (κ1) is 23.8. The van der Waals surface area contributed by atoms with E-state index in [2.05, 4.69) is 12.2 Å². The molecule has 0 radical (unpaired) electrons. The minimum absolute atomic E-state index is 0.0109. The van der Waals surface area contributed by atoms with Crippen LogP contribution in [0.2, 0.25) is 0 Å². The van der Waals surface area contributed by atoms with E-state index in [-0.39, 0.29) is 48.9 Å².